The topological polar surface area (TPSA) is 241 Å². The van der Waals surface area contributed by atoms with Crippen LogP contribution in [0.3, 0.4) is 0 Å². The highest BCUT2D eigenvalue weighted by atomic mass is 16.7. The van der Waals surface area contributed by atoms with Crippen molar-refractivity contribution in [2.24, 2.45) is 16.6 Å². The number of fused-ring (bicyclic) bond motifs is 6. The minimum atomic E-state index is -0.847. The van der Waals surface area contributed by atoms with Gasteiger partial charge < -0.3 is 16.3 Å². The summed E-state index contributed by atoms with van der Waals surface area (Å²) in [6.07, 6.45) is 0. The molecule has 2 heterocycles. The Morgan fingerprint density at radius 2 is 1.17 bits per heavy atom. The lowest BCUT2D eigenvalue weighted by molar-refractivity contribution is -0.140. The van der Waals surface area contributed by atoms with Crippen molar-refractivity contribution in [3.8, 4) is 34.7 Å². The number of nitriles is 2. The Morgan fingerprint density at radius 3 is 1.67 bits per heavy atom. The van der Waals surface area contributed by atoms with Gasteiger partial charge in [0.25, 0.3) is 11.8 Å². The minimum Gasteiger partial charge on any atom is -0.364 e. The molecule has 2 amide bonds. The molecule has 0 aliphatic heterocycles. The van der Waals surface area contributed by atoms with E-state index in [4.69, 9.17) is 26.8 Å². The van der Waals surface area contributed by atoms with E-state index in [0.717, 1.165) is 0 Å². The van der Waals surface area contributed by atoms with Gasteiger partial charge in [-0.05, 0) is 0 Å². The van der Waals surface area contributed by atoms with Crippen LogP contribution in [-0.2, 0) is 9.63 Å². The molecule has 0 saturated heterocycles. The first-order chi connectivity index (χ1) is 20.2. The largest absolute Gasteiger partial charge is 0.364 e. The molecule has 202 valence electrons. The Bertz CT molecular complexity index is 2000. The lowest BCUT2D eigenvalue weighted by Gasteiger charge is -2.03. The fourth-order valence-electron chi connectivity index (χ4n) is 4.31. The average Bonchev–Trinajstić information content (AvgIpc) is 3.45. The van der Waals surface area contributed by atoms with Crippen molar-refractivity contribution in [1.82, 2.24) is 19.9 Å². The lowest BCUT2D eigenvalue weighted by Crippen LogP contribution is -2.18. The third-order valence-corrected chi connectivity index (χ3v) is 6.04. The monoisotopic (exact) mass is 557 g/mol. The van der Waals surface area contributed by atoms with Crippen LogP contribution < -0.4 is 11.5 Å². The van der Waals surface area contributed by atoms with E-state index >= 15 is 0 Å². The van der Waals surface area contributed by atoms with Crippen molar-refractivity contribution in [3.63, 3.8) is 0 Å². The number of nitrogens with two attached hydrogens (primary N) is 2. The summed E-state index contributed by atoms with van der Waals surface area (Å²) in [6, 6.07) is 17.4. The van der Waals surface area contributed by atoms with Crippen LogP contribution in [0.5, 0.6) is 0 Å². The molecule has 0 unspecified atom stereocenters. The van der Waals surface area contributed by atoms with Crippen molar-refractivity contribution < 1.29 is 24.0 Å². The van der Waals surface area contributed by atoms with Gasteiger partial charge in [-0.1, -0.05) is 53.7 Å². The number of nitrogens with zero attached hydrogens (tertiary/aromatic N) is 7. The zero-order chi connectivity index (χ0) is 30.1. The number of ketones is 1. The first-order valence-electron chi connectivity index (χ1n) is 11.9. The number of hydrogen-bond donors (Lipinski definition) is 2. The quantitative estimate of drug-likeness (QED) is 0.233. The fourth-order valence-corrected chi connectivity index (χ4v) is 4.31. The highest BCUT2D eigenvalue weighted by Crippen LogP contribution is 2.35. The number of carbonyl (C=O) groups is 4. The van der Waals surface area contributed by atoms with Crippen molar-refractivity contribution >= 4 is 29.3 Å². The maximum Gasteiger partial charge on any atom is 0.332 e. The molecular formula is C28H15N9O5. The second kappa shape index (κ2) is 10.5. The van der Waals surface area contributed by atoms with Gasteiger partial charge in [0.1, 0.15) is 40.6 Å². The van der Waals surface area contributed by atoms with Gasteiger partial charge in [-0.2, -0.15) is 10.5 Å². The second-order valence-corrected chi connectivity index (χ2v) is 8.63. The smallest absolute Gasteiger partial charge is 0.332 e. The maximum absolute atomic E-state index is 12.1. The third kappa shape index (κ3) is 4.47. The van der Waals surface area contributed by atoms with Crippen LogP contribution in [0.4, 0.5) is 0 Å². The summed E-state index contributed by atoms with van der Waals surface area (Å²) in [5, 5.41) is 21.9. The predicted octanol–water partition coefficient (Wildman–Crippen LogP) is 1.40. The Kier molecular flexibility index (Phi) is 6.72. The van der Waals surface area contributed by atoms with Crippen molar-refractivity contribution in [3.05, 3.63) is 93.8 Å². The zero-order valence-electron chi connectivity index (χ0n) is 21.4. The predicted molar refractivity (Wildman–Crippen MR) is 142 cm³/mol. The van der Waals surface area contributed by atoms with Crippen LogP contribution in [0.25, 0.3) is 22.5 Å². The normalized spacial score (nSPS) is 12.5. The zero-order valence-corrected chi connectivity index (χ0v) is 21.4. The van der Waals surface area contributed by atoms with E-state index in [2.05, 4.69) is 25.1 Å². The highest BCUT2D eigenvalue weighted by molar-refractivity contribution is 6.23. The van der Waals surface area contributed by atoms with E-state index in [1.165, 1.54) is 6.92 Å². The van der Waals surface area contributed by atoms with Crippen molar-refractivity contribution in [1.29, 1.82) is 10.5 Å². The van der Waals surface area contributed by atoms with E-state index in [-0.39, 0.29) is 45.7 Å². The molecule has 0 spiro atoms. The Labute approximate surface area is 235 Å². The molecular weight excluding hydrogens is 542 g/mol. The molecule has 0 radical (unpaired) electrons. The number of aromatic nitrogens is 4. The first-order valence-corrected chi connectivity index (χ1v) is 11.9. The molecule has 0 atom stereocenters. The van der Waals surface area contributed by atoms with Gasteiger partial charge in [0.2, 0.25) is 5.78 Å². The molecule has 4 N–H and O–H groups in total. The van der Waals surface area contributed by atoms with Crippen LogP contribution in [0.2, 0.25) is 0 Å². The highest BCUT2D eigenvalue weighted by Gasteiger charge is 2.32. The lowest BCUT2D eigenvalue weighted by atomic mass is 10.1. The number of primary amides is 2. The van der Waals surface area contributed by atoms with Crippen LogP contribution in [0, 0.1) is 22.7 Å². The standard InChI is InChI=1S/C15H9N5O3.C13H6N4O2/c1-7(21)23-20-12-9-5-3-2-4-8(9)11-14(12)18-10(6-16)13(19-11)15(17)22;14-5-8-10(13(15)19)17-9-6-3-1-2-4-7(6)12(18)11(9)16-8/h2-5H,1H3,(H2,17,22);1-4H,(H2,15,19). The van der Waals surface area contributed by atoms with Gasteiger partial charge >= 0.3 is 5.97 Å². The molecule has 6 rings (SSSR count). The van der Waals surface area contributed by atoms with Crippen molar-refractivity contribution in [2.45, 2.75) is 6.92 Å². The third-order valence-electron chi connectivity index (χ3n) is 6.04. The summed E-state index contributed by atoms with van der Waals surface area (Å²) < 4.78 is 0. The number of benzene rings is 2. The molecule has 2 aromatic heterocycles. The van der Waals surface area contributed by atoms with Crippen LogP contribution in [0.1, 0.15) is 66.6 Å². The van der Waals surface area contributed by atoms with E-state index < -0.39 is 17.8 Å². The Morgan fingerprint density at radius 1 is 0.714 bits per heavy atom. The number of hydrogen-bond acceptors (Lipinski definition) is 12. The van der Waals surface area contributed by atoms with Crippen LogP contribution >= 0.6 is 0 Å². The first kappa shape index (κ1) is 26.9. The molecule has 2 aliphatic rings. The van der Waals surface area contributed by atoms with E-state index in [0.29, 0.717) is 33.6 Å². The molecule has 2 aliphatic carbocycles. The van der Waals surface area contributed by atoms with Gasteiger partial charge in [0, 0.05) is 29.2 Å². The Balaban J connectivity index is 0.000000171. The summed E-state index contributed by atoms with van der Waals surface area (Å²) >= 11 is 0. The average molecular weight is 557 g/mol. The fraction of sp³-hybridized carbons (Fsp3) is 0.0357. The minimum absolute atomic E-state index is 0.0859. The van der Waals surface area contributed by atoms with E-state index in [1.807, 2.05) is 0 Å². The van der Waals surface area contributed by atoms with E-state index in [9.17, 15) is 19.2 Å². The van der Waals surface area contributed by atoms with Gasteiger partial charge in [-0.3, -0.25) is 14.4 Å². The number of rotatable bonds is 3. The Hall–Kier alpha value is -6.67. The molecule has 0 bridgehead atoms. The molecule has 2 aromatic carbocycles. The summed E-state index contributed by atoms with van der Waals surface area (Å²) in [5.41, 5.74) is 13.2. The van der Waals surface area contributed by atoms with Gasteiger partial charge in [0.15, 0.2) is 22.8 Å². The van der Waals surface area contributed by atoms with Gasteiger partial charge in [0.05, 0.1) is 0 Å². The SMILES string of the molecule is CC(=O)ON=C1c2ccccc2-c2nc(C(N)=O)c(C#N)nc21.N#Cc1nc2c(nc1C(N)=O)-c1ccccc1C2=O. The van der Waals surface area contributed by atoms with Crippen molar-refractivity contribution in [2.75, 3.05) is 0 Å². The van der Waals surface area contributed by atoms with Gasteiger partial charge in [-0.25, -0.2) is 24.7 Å². The number of amides is 2. The maximum atomic E-state index is 12.1. The summed E-state index contributed by atoms with van der Waals surface area (Å²) in [5.74, 6) is -2.58. The molecule has 14 heteroatoms. The van der Waals surface area contributed by atoms with E-state index in [1.54, 1.807) is 60.7 Å². The molecule has 0 fully saturated rings. The second-order valence-electron chi connectivity index (χ2n) is 8.63. The number of oxime groups is 1. The molecule has 0 saturated carbocycles. The van der Waals surface area contributed by atoms with Crippen LogP contribution in [0.15, 0.2) is 53.7 Å². The van der Waals surface area contributed by atoms with Gasteiger partial charge in [-0.15, -0.1) is 0 Å². The van der Waals surface area contributed by atoms with Crippen LogP contribution in [-0.4, -0.2) is 49.2 Å². The summed E-state index contributed by atoms with van der Waals surface area (Å²) in [4.78, 5) is 66.8. The molecule has 14 nitrogen and oxygen atoms in total. The molecule has 4 aromatic rings. The summed E-state index contributed by atoms with van der Waals surface area (Å²) in [6.45, 7) is 1.22. The summed E-state index contributed by atoms with van der Waals surface area (Å²) in [7, 11) is 0. The molecule has 42 heavy (non-hydrogen) atoms. The number of carbonyl (C=O) groups excluding carboxylic acids is 4.